The van der Waals surface area contributed by atoms with Gasteiger partial charge >= 0.3 is 7.12 Å². The Morgan fingerprint density at radius 2 is 1.84 bits per heavy atom. The van der Waals surface area contributed by atoms with Crippen LogP contribution in [0.15, 0.2) is 12.1 Å². The lowest BCUT2D eigenvalue weighted by Crippen LogP contribution is -2.44. The molecule has 104 valence electrons. The molecule has 0 atom stereocenters. The molecule has 0 bridgehead atoms. The van der Waals surface area contributed by atoms with E-state index in [9.17, 15) is 0 Å². The van der Waals surface area contributed by atoms with Crippen LogP contribution in [0.3, 0.4) is 0 Å². The lowest BCUT2D eigenvalue weighted by molar-refractivity contribution is 0.0850. The molecule has 19 heavy (non-hydrogen) atoms. The van der Waals surface area contributed by atoms with Crippen LogP contribution in [0, 0.1) is 5.92 Å². The van der Waals surface area contributed by atoms with Crippen LogP contribution >= 0.6 is 23.2 Å². The predicted molar refractivity (Wildman–Crippen MR) is 81.5 cm³/mol. The highest BCUT2D eigenvalue weighted by atomic mass is 35.5. The third kappa shape index (κ3) is 3.46. The largest absolute Gasteiger partial charge is 0.495 e. The van der Waals surface area contributed by atoms with Crippen molar-refractivity contribution in [2.45, 2.75) is 33.1 Å². The SMILES string of the molecule is CCCc1ccc(B2OCC(CC)CO2)c(Cl)c1Cl. The maximum atomic E-state index is 6.35. The molecular weight excluding hydrogens is 282 g/mol. The van der Waals surface area contributed by atoms with Crippen LogP contribution in [0.1, 0.15) is 32.3 Å². The van der Waals surface area contributed by atoms with Gasteiger partial charge in [0.25, 0.3) is 0 Å². The minimum absolute atomic E-state index is 0.386. The number of aryl methyl sites for hydroxylation is 1. The lowest BCUT2D eigenvalue weighted by atomic mass is 9.76. The van der Waals surface area contributed by atoms with Crippen molar-refractivity contribution in [1.82, 2.24) is 0 Å². The second kappa shape index (κ2) is 6.98. The molecule has 5 heteroatoms. The van der Waals surface area contributed by atoms with Crippen molar-refractivity contribution in [3.63, 3.8) is 0 Å². The molecule has 0 aromatic heterocycles. The maximum Gasteiger partial charge on any atom is 0.495 e. The van der Waals surface area contributed by atoms with E-state index in [-0.39, 0.29) is 7.12 Å². The highest BCUT2D eigenvalue weighted by Crippen LogP contribution is 2.26. The zero-order valence-corrected chi connectivity index (χ0v) is 12.9. The number of halogens is 2. The van der Waals surface area contributed by atoms with E-state index >= 15 is 0 Å². The van der Waals surface area contributed by atoms with Crippen LogP contribution in [0.5, 0.6) is 0 Å². The first-order chi connectivity index (χ1) is 9.17. The first-order valence-electron chi connectivity index (χ1n) is 6.87. The summed E-state index contributed by atoms with van der Waals surface area (Å²) in [5.74, 6) is 0.477. The van der Waals surface area contributed by atoms with Crippen LogP contribution in [-0.2, 0) is 15.7 Å². The molecule has 2 nitrogen and oxygen atoms in total. The highest BCUT2D eigenvalue weighted by molar-refractivity contribution is 6.66. The van der Waals surface area contributed by atoms with Crippen molar-refractivity contribution in [3.05, 3.63) is 27.7 Å². The fourth-order valence-corrected chi connectivity index (χ4v) is 2.75. The highest BCUT2D eigenvalue weighted by Gasteiger charge is 2.31. The Hall–Kier alpha value is -0.215. The molecule has 1 aromatic rings. The minimum Gasteiger partial charge on any atom is -0.407 e. The summed E-state index contributed by atoms with van der Waals surface area (Å²) in [6, 6.07) is 3.99. The van der Waals surface area contributed by atoms with Crippen LogP contribution in [0.4, 0.5) is 0 Å². The van der Waals surface area contributed by atoms with Crippen molar-refractivity contribution in [2.24, 2.45) is 5.92 Å². The summed E-state index contributed by atoms with van der Waals surface area (Å²) in [5.41, 5.74) is 1.92. The summed E-state index contributed by atoms with van der Waals surface area (Å²) >= 11 is 12.7. The Bertz CT molecular complexity index is 432. The van der Waals surface area contributed by atoms with Crippen molar-refractivity contribution in [1.29, 1.82) is 0 Å². The summed E-state index contributed by atoms with van der Waals surface area (Å²) in [7, 11) is -0.386. The van der Waals surface area contributed by atoms with Gasteiger partial charge in [-0.1, -0.05) is 55.6 Å². The van der Waals surface area contributed by atoms with E-state index in [1.54, 1.807) is 0 Å². The fraction of sp³-hybridized carbons (Fsp3) is 0.571. The van der Waals surface area contributed by atoms with Crippen molar-refractivity contribution < 1.29 is 9.31 Å². The standard InChI is InChI=1S/C14H19BCl2O2/c1-3-5-11-6-7-12(14(17)13(11)16)15-18-8-10(4-2)9-19-15/h6-7,10H,3-5,8-9H2,1-2H3. The molecule has 0 spiro atoms. The molecule has 1 aliphatic rings. The average Bonchev–Trinajstić information content (AvgIpc) is 2.45. The van der Waals surface area contributed by atoms with Gasteiger partial charge in [-0.25, -0.2) is 0 Å². The molecule has 2 rings (SSSR count). The van der Waals surface area contributed by atoms with E-state index in [1.165, 1.54) is 0 Å². The van der Waals surface area contributed by atoms with Gasteiger partial charge in [0.05, 0.1) is 10.0 Å². The molecular formula is C14H19BCl2O2. The summed E-state index contributed by atoms with van der Waals surface area (Å²) in [4.78, 5) is 0. The molecule has 0 radical (unpaired) electrons. The first-order valence-corrected chi connectivity index (χ1v) is 7.62. The van der Waals surface area contributed by atoms with Crippen LogP contribution in [0.2, 0.25) is 10.0 Å². The van der Waals surface area contributed by atoms with Gasteiger partial charge in [-0.15, -0.1) is 0 Å². The molecule has 1 saturated heterocycles. The molecule has 0 saturated carbocycles. The zero-order valence-electron chi connectivity index (χ0n) is 11.4. The van der Waals surface area contributed by atoms with Crippen molar-refractivity contribution in [3.8, 4) is 0 Å². The third-order valence-corrected chi connectivity index (χ3v) is 4.45. The maximum absolute atomic E-state index is 6.35. The van der Waals surface area contributed by atoms with Gasteiger partial charge in [0.2, 0.25) is 0 Å². The number of rotatable bonds is 4. The van der Waals surface area contributed by atoms with E-state index in [0.717, 1.165) is 30.3 Å². The predicted octanol–water partition coefficient (Wildman–Crippen LogP) is 3.71. The topological polar surface area (TPSA) is 18.5 Å². The fourth-order valence-electron chi connectivity index (χ4n) is 2.21. The van der Waals surface area contributed by atoms with E-state index in [1.807, 2.05) is 12.1 Å². The average molecular weight is 301 g/mol. The van der Waals surface area contributed by atoms with Crippen LogP contribution in [0.25, 0.3) is 0 Å². The molecule has 1 heterocycles. The van der Waals surface area contributed by atoms with E-state index < -0.39 is 0 Å². The van der Waals surface area contributed by atoms with Crippen LogP contribution in [-0.4, -0.2) is 20.3 Å². The number of hydrogen-bond donors (Lipinski definition) is 0. The Kier molecular flexibility index (Phi) is 5.58. The Morgan fingerprint density at radius 3 is 2.42 bits per heavy atom. The molecule has 0 unspecified atom stereocenters. The van der Waals surface area contributed by atoms with E-state index in [2.05, 4.69) is 13.8 Å². The third-order valence-electron chi connectivity index (χ3n) is 3.51. The smallest absolute Gasteiger partial charge is 0.407 e. The molecule has 0 amide bonds. The Balaban J connectivity index is 2.15. The first kappa shape index (κ1) is 15.2. The van der Waals surface area contributed by atoms with Gasteiger partial charge in [-0.05, 0) is 18.4 Å². The number of benzene rings is 1. The van der Waals surface area contributed by atoms with Gasteiger partial charge in [0.15, 0.2) is 0 Å². The Morgan fingerprint density at radius 1 is 1.16 bits per heavy atom. The summed E-state index contributed by atoms with van der Waals surface area (Å²) in [5, 5.41) is 1.19. The summed E-state index contributed by atoms with van der Waals surface area (Å²) in [6.07, 6.45) is 3.05. The normalized spacial score (nSPS) is 16.9. The van der Waals surface area contributed by atoms with Crippen molar-refractivity contribution >= 4 is 35.8 Å². The quantitative estimate of drug-likeness (QED) is 0.789. The summed E-state index contributed by atoms with van der Waals surface area (Å²) < 4.78 is 11.5. The van der Waals surface area contributed by atoms with Gasteiger partial charge in [-0.3, -0.25) is 0 Å². The Labute approximate surface area is 125 Å². The molecule has 1 fully saturated rings. The molecule has 0 N–H and O–H groups in total. The molecule has 1 aliphatic heterocycles. The second-order valence-electron chi connectivity index (χ2n) is 4.96. The van der Waals surface area contributed by atoms with Gasteiger partial charge in [0, 0.05) is 24.6 Å². The van der Waals surface area contributed by atoms with Gasteiger partial charge in [0.1, 0.15) is 0 Å². The van der Waals surface area contributed by atoms with Gasteiger partial charge < -0.3 is 9.31 Å². The van der Waals surface area contributed by atoms with Crippen molar-refractivity contribution in [2.75, 3.05) is 13.2 Å². The minimum atomic E-state index is -0.386. The molecule has 0 aliphatic carbocycles. The number of hydrogen-bond acceptors (Lipinski definition) is 2. The summed E-state index contributed by atoms with van der Waals surface area (Å²) in [6.45, 7) is 5.69. The molecule has 1 aromatic carbocycles. The monoisotopic (exact) mass is 300 g/mol. The second-order valence-corrected chi connectivity index (χ2v) is 5.72. The van der Waals surface area contributed by atoms with E-state index in [0.29, 0.717) is 29.2 Å². The zero-order chi connectivity index (χ0) is 13.8. The van der Waals surface area contributed by atoms with E-state index in [4.69, 9.17) is 32.5 Å². The van der Waals surface area contributed by atoms with Crippen LogP contribution < -0.4 is 5.46 Å². The lowest BCUT2D eigenvalue weighted by Gasteiger charge is -2.27. The van der Waals surface area contributed by atoms with Gasteiger partial charge in [-0.2, -0.15) is 0 Å².